The molecule has 0 aliphatic rings. The Hall–Kier alpha value is -1.10. The minimum atomic E-state index is -0.436. The fraction of sp³-hybridized carbons (Fsp3) is 0.818. The molecule has 0 aromatic heterocycles. The molecule has 0 unspecified atom stereocenters. The van der Waals surface area contributed by atoms with Gasteiger partial charge in [0.25, 0.3) is 0 Å². The van der Waals surface area contributed by atoms with E-state index in [-0.39, 0.29) is 30.9 Å². The third-order valence-corrected chi connectivity index (χ3v) is 2.00. The first kappa shape index (κ1) is 14.9. The highest BCUT2D eigenvalue weighted by molar-refractivity contribution is 5.82. The number of amides is 2. The monoisotopic (exact) mass is 230 g/mol. The number of carbonyl (C=O) groups is 2. The molecule has 0 aliphatic carbocycles. The lowest BCUT2D eigenvalue weighted by Gasteiger charge is -2.17. The molecule has 5 heteroatoms. The Kier molecular flexibility index (Phi) is 6.03. The first-order valence-electron chi connectivity index (χ1n) is 5.46. The molecule has 0 heterocycles. The van der Waals surface area contributed by atoms with E-state index in [1.165, 1.54) is 0 Å². The quantitative estimate of drug-likeness (QED) is 0.624. The molecule has 94 valence electrons. The van der Waals surface area contributed by atoms with Crippen LogP contribution < -0.4 is 10.6 Å². The van der Waals surface area contributed by atoms with Crippen LogP contribution in [0.4, 0.5) is 0 Å². The van der Waals surface area contributed by atoms with Crippen molar-refractivity contribution in [2.75, 3.05) is 13.2 Å². The van der Waals surface area contributed by atoms with Crippen LogP contribution in [0.1, 0.15) is 34.1 Å². The van der Waals surface area contributed by atoms with Crippen LogP contribution in [-0.2, 0) is 9.59 Å². The summed E-state index contributed by atoms with van der Waals surface area (Å²) in [5, 5.41) is 14.0. The highest BCUT2D eigenvalue weighted by Crippen LogP contribution is 2.11. The zero-order chi connectivity index (χ0) is 12.8. The number of rotatable bonds is 5. The number of aliphatic hydroxyl groups is 1. The van der Waals surface area contributed by atoms with Gasteiger partial charge in [-0.3, -0.25) is 9.59 Å². The predicted octanol–water partition coefficient (Wildman–Crippen LogP) is 0.0358. The maximum atomic E-state index is 11.4. The van der Waals surface area contributed by atoms with Crippen molar-refractivity contribution in [3.63, 3.8) is 0 Å². The molecule has 0 bridgehead atoms. The van der Waals surface area contributed by atoms with Crippen LogP contribution in [0.5, 0.6) is 0 Å². The highest BCUT2D eigenvalue weighted by Gasteiger charge is 2.20. The summed E-state index contributed by atoms with van der Waals surface area (Å²) < 4.78 is 0. The lowest BCUT2D eigenvalue weighted by Crippen LogP contribution is -2.39. The molecule has 5 nitrogen and oxygen atoms in total. The van der Waals surface area contributed by atoms with E-state index in [0.29, 0.717) is 6.54 Å². The minimum absolute atomic E-state index is 0.0736. The minimum Gasteiger partial charge on any atom is -0.394 e. The lowest BCUT2D eigenvalue weighted by molar-refractivity contribution is -0.128. The number of hydrogen-bond donors (Lipinski definition) is 3. The van der Waals surface area contributed by atoms with Gasteiger partial charge in [-0.2, -0.15) is 0 Å². The van der Waals surface area contributed by atoms with Gasteiger partial charge in [-0.25, -0.2) is 0 Å². The topological polar surface area (TPSA) is 78.4 Å². The molecule has 0 fully saturated rings. The molecule has 0 rings (SSSR count). The largest absolute Gasteiger partial charge is 0.394 e. The van der Waals surface area contributed by atoms with Crippen LogP contribution in [0, 0.1) is 5.41 Å². The van der Waals surface area contributed by atoms with Gasteiger partial charge in [0.15, 0.2) is 0 Å². The van der Waals surface area contributed by atoms with Crippen LogP contribution >= 0.6 is 0 Å². The molecule has 2 amide bonds. The molecule has 0 aliphatic heterocycles. The molecule has 0 aromatic carbocycles. The fourth-order valence-electron chi connectivity index (χ4n) is 0.947. The summed E-state index contributed by atoms with van der Waals surface area (Å²) in [6.45, 7) is 7.40. The molecular weight excluding hydrogens is 208 g/mol. The van der Waals surface area contributed by atoms with Gasteiger partial charge < -0.3 is 15.7 Å². The van der Waals surface area contributed by atoms with Crippen LogP contribution in [0.2, 0.25) is 0 Å². The van der Waals surface area contributed by atoms with Crippen molar-refractivity contribution in [2.24, 2.45) is 5.41 Å². The molecule has 0 saturated carbocycles. The van der Waals surface area contributed by atoms with Crippen molar-refractivity contribution >= 4 is 11.8 Å². The maximum absolute atomic E-state index is 11.4. The third-order valence-electron chi connectivity index (χ3n) is 2.00. The molecule has 3 N–H and O–H groups in total. The summed E-state index contributed by atoms with van der Waals surface area (Å²) in [6, 6.07) is -0.245. The SMILES string of the molecule is C[C@H](CO)NC(=O)CCNC(=O)C(C)(C)C. The maximum Gasteiger partial charge on any atom is 0.225 e. The summed E-state index contributed by atoms with van der Waals surface area (Å²) in [5.41, 5.74) is -0.436. The summed E-state index contributed by atoms with van der Waals surface area (Å²) in [7, 11) is 0. The Morgan fingerprint density at radius 1 is 1.31 bits per heavy atom. The number of aliphatic hydroxyl groups excluding tert-OH is 1. The van der Waals surface area contributed by atoms with Gasteiger partial charge in [0, 0.05) is 24.4 Å². The van der Waals surface area contributed by atoms with Crippen molar-refractivity contribution in [1.29, 1.82) is 0 Å². The molecule has 16 heavy (non-hydrogen) atoms. The van der Waals surface area contributed by atoms with Gasteiger partial charge in [0.1, 0.15) is 0 Å². The van der Waals surface area contributed by atoms with E-state index >= 15 is 0 Å². The van der Waals surface area contributed by atoms with Gasteiger partial charge >= 0.3 is 0 Å². The Balaban J connectivity index is 3.75. The van der Waals surface area contributed by atoms with Gasteiger partial charge in [0.05, 0.1) is 6.61 Å². The van der Waals surface area contributed by atoms with E-state index < -0.39 is 5.41 Å². The van der Waals surface area contributed by atoms with Crippen molar-refractivity contribution in [2.45, 2.75) is 40.2 Å². The first-order chi connectivity index (χ1) is 7.27. The van der Waals surface area contributed by atoms with Crippen molar-refractivity contribution in [3.8, 4) is 0 Å². The van der Waals surface area contributed by atoms with E-state index in [4.69, 9.17) is 5.11 Å². The van der Waals surface area contributed by atoms with Gasteiger partial charge in [-0.1, -0.05) is 20.8 Å². The predicted molar refractivity (Wildman–Crippen MR) is 61.8 cm³/mol. The lowest BCUT2D eigenvalue weighted by atomic mass is 9.96. The summed E-state index contributed by atoms with van der Waals surface area (Å²) >= 11 is 0. The zero-order valence-corrected chi connectivity index (χ0v) is 10.5. The summed E-state index contributed by atoms with van der Waals surface area (Å²) in [6.07, 6.45) is 0.228. The second-order valence-corrected chi connectivity index (χ2v) is 4.91. The van der Waals surface area contributed by atoms with E-state index in [1.807, 2.05) is 20.8 Å². The van der Waals surface area contributed by atoms with Crippen molar-refractivity contribution < 1.29 is 14.7 Å². The fourth-order valence-corrected chi connectivity index (χ4v) is 0.947. The van der Waals surface area contributed by atoms with Crippen LogP contribution in [0.25, 0.3) is 0 Å². The highest BCUT2D eigenvalue weighted by atomic mass is 16.3. The van der Waals surface area contributed by atoms with E-state index in [9.17, 15) is 9.59 Å². The number of nitrogens with one attached hydrogen (secondary N) is 2. The molecule has 0 saturated heterocycles. The van der Waals surface area contributed by atoms with Gasteiger partial charge in [-0.15, -0.1) is 0 Å². The summed E-state index contributed by atoms with van der Waals surface area (Å²) in [4.78, 5) is 22.7. The second kappa shape index (κ2) is 6.48. The Labute approximate surface area is 96.6 Å². The van der Waals surface area contributed by atoms with Crippen LogP contribution in [-0.4, -0.2) is 36.1 Å². The Morgan fingerprint density at radius 3 is 2.31 bits per heavy atom. The van der Waals surface area contributed by atoms with Crippen molar-refractivity contribution in [1.82, 2.24) is 10.6 Å². The molecular formula is C11H22N2O3. The Bertz CT molecular complexity index is 246. The molecule has 1 atom stereocenters. The average molecular weight is 230 g/mol. The molecule has 0 spiro atoms. The Morgan fingerprint density at radius 2 is 1.88 bits per heavy atom. The zero-order valence-electron chi connectivity index (χ0n) is 10.5. The van der Waals surface area contributed by atoms with Crippen LogP contribution in [0.15, 0.2) is 0 Å². The van der Waals surface area contributed by atoms with E-state index in [1.54, 1.807) is 6.92 Å². The average Bonchev–Trinajstić information content (AvgIpc) is 2.15. The van der Waals surface area contributed by atoms with Crippen molar-refractivity contribution in [3.05, 3.63) is 0 Å². The first-order valence-corrected chi connectivity index (χ1v) is 5.46. The third kappa shape index (κ3) is 6.40. The van der Waals surface area contributed by atoms with Gasteiger partial charge in [-0.05, 0) is 6.92 Å². The summed E-state index contributed by atoms with van der Waals surface area (Å²) in [5.74, 6) is -0.244. The normalized spacial score (nSPS) is 13.1. The second-order valence-electron chi connectivity index (χ2n) is 4.91. The van der Waals surface area contributed by atoms with Gasteiger partial charge in [0.2, 0.25) is 11.8 Å². The molecule has 0 radical (unpaired) electrons. The molecule has 0 aromatic rings. The standard InChI is InChI=1S/C11H22N2O3/c1-8(7-14)13-9(15)5-6-12-10(16)11(2,3)4/h8,14H,5-7H2,1-4H3,(H,12,16)(H,13,15)/t8-/m1/s1. The smallest absolute Gasteiger partial charge is 0.225 e. The van der Waals surface area contributed by atoms with E-state index in [2.05, 4.69) is 10.6 Å². The number of carbonyl (C=O) groups excluding carboxylic acids is 2. The van der Waals surface area contributed by atoms with Crippen LogP contribution in [0.3, 0.4) is 0 Å². The van der Waals surface area contributed by atoms with E-state index in [0.717, 1.165) is 0 Å². The number of hydrogen-bond acceptors (Lipinski definition) is 3.